The van der Waals surface area contributed by atoms with E-state index in [0.717, 1.165) is 17.1 Å². The van der Waals surface area contributed by atoms with E-state index in [2.05, 4.69) is 0 Å². The number of nitro benzene ring substituents is 1. The Kier molecular flexibility index (Phi) is 3.05. The molecule has 0 unspecified atom stereocenters. The summed E-state index contributed by atoms with van der Waals surface area (Å²) in [6.45, 7) is 1.88. The second kappa shape index (κ2) is 4.65. The summed E-state index contributed by atoms with van der Waals surface area (Å²) in [5.74, 6) is 1.62. The number of nitrogens with zero attached hydrogens (tertiary/aromatic N) is 1. The number of rotatable bonds is 3. The Morgan fingerprint density at radius 2 is 1.82 bits per heavy atom. The Morgan fingerprint density at radius 3 is 2.35 bits per heavy atom. The predicted molar refractivity (Wildman–Crippen MR) is 65.5 cm³/mol. The molecule has 4 nitrogen and oxygen atoms in total. The number of furan rings is 1. The third-order valence-corrected chi connectivity index (χ3v) is 2.31. The van der Waals surface area contributed by atoms with E-state index in [1.807, 2.05) is 31.2 Å². The molecule has 0 fully saturated rings. The summed E-state index contributed by atoms with van der Waals surface area (Å²) in [5.41, 5.74) is 0.987. The minimum Gasteiger partial charge on any atom is -0.462 e. The average Bonchev–Trinajstić information content (AvgIpc) is 2.73. The van der Waals surface area contributed by atoms with E-state index >= 15 is 0 Å². The SMILES string of the molecule is Cc1ccc(/C=C/c2ccc([N+](=O)[O-])cc2)o1. The van der Waals surface area contributed by atoms with Crippen molar-refractivity contribution in [3.8, 4) is 0 Å². The third-order valence-electron chi connectivity index (χ3n) is 2.31. The fourth-order valence-electron chi connectivity index (χ4n) is 1.43. The molecule has 1 aromatic heterocycles. The molecule has 2 rings (SSSR count). The van der Waals surface area contributed by atoms with Crippen LogP contribution in [0.2, 0.25) is 0 Å². The number of hydrogen-bond donors (Lipinski definition) is 0. The third kappa shape index (κ3) is 2.81. The second-order valence-corrected chi connectivity index (χ2v) is 3.63. The molecule has 0 atom stereocenters. The maximum atomic E-state index is 10.5. The highest BCUT2D eigenvalue weighted by molar-refractivity contribution is 5.67. The van der Waals surface area contributed by atoms with Gasteiger partial charge < -0.3 is 4.42 Å². The summed E-state index contributed by atoms with van der Waals surface area (Å²) in [6.07, 6.45) is 3.68. The minimum absolute atomic E-state index is 0.0935. The van der Waals surface area contributed by atoms with Crippen LogP contribution >= 0.6 is 0 Å². The monoisotopic (exact) mass is 229 g/mol. The molecule has 1 aromatic carbocycles. The fraction of sp³-hybridized carbons (Fsp3) is 0.0769. The van der Waals surface area contributed by atoms with E-state index < -0.39 is 4.92 Å². The van der Waals surface area contributed by atoms with E-state index in [1.165, 1.54) is 12.1 Å². The van der Waals surface area contributed by atoms with Gasteiger partial charge in [-0.1, -0.05) is 6.08 Å². The number of hydrogen-bond acceptors (Lipinski definition) is 3. The van der Waals surface area contributed by atoms with E-state index in [0.29, 0.717) is 0 Å². The lowest BCUT2D eigenvalue weighted by Gasteiger charge is -1.93. The van der Waals surface area contributed by atoms with Crippen molar-refractivity contribution in [1.82, 2.24) is 0 Å². The minimum atomic E-state index is -0.413. The first kappa shape index (κ1) is 11.1. The Balaban J connectivity index is 2.13. The predicted octanol–water partition coefficient (Wildman–Crippen LogP) is 3.67. The van der Waals surface area contributed by atoms with E-state index in [1.54, 1.807) is 12.1 Å². The van der Waals surface area contributed by atoms with Crippen LogP contribution in [0.5, 0.6) is 0 Å². The van der Waals surface area contributed by atoms with Gasteiger partial charge in [-0.05, 0) is 42.8 Å². The van der Waals surface area contributed by atoms with E-state index in [9.17, 15) is 10.1 Å². The zero-order valence-corrected chi connectivity index (χ0v) is 9.29. The average molecular weight is 229 g/mol. The van der Waals surface area contributed by atoms with Crippen molar-refractivity contribution >= 4 is 17.8 Å². The Labute approximate surface area is 98.3 Å². The van der Waals surface area contributed by atoms with Crippen LogP contribution in [0.15, 0.2) is 40.8 Å². The van der Waals surface area contributed by atoms with Gasteiger partial charge in [0.05, 0.1) is 4.92 Å². The summed E-state index contributed by atoms with van der Waals surface area (Å²) in [5, 5.41) is 10.5. The van der Waals surface area contributed by atoms with Crippen molar-refractivity contribution in [1.29, 1.82) is 0 Å². The van der Waals surface area contributed by atoms with Gasteiger partial charge in [0.2, 0.25) is 0 Å². The summed E-state index contributed by atoms with van der Waals surface area (Å²) < 4.78 is 5.37. The molecule has 0 saturated carbocycles. The molecule has 1 heterocycles. The van der Waals surface area contributed by atoms with Crippen molar-refractivity contribution in [2.75, 3.05) is 0 Å². The lowest BCUT2D eigenvalue weighted by Crippen LogP contribution is -1.86. The molecule has 0 spiro atoms. The first-order chi connectivity index (χ1) is 8.15. The molecule has 0 bridgehead atoms. The standard InChI is InChI=1S/C13H11NO3/c1-10-2-8-13(17-10)9-5-11-3-6-12(7-4-11)14(15)16/h2-9H,1H3/b9-5+. The van der Waals surface area contributed by atoms with Gasteiger partial charge in [0, 0.05) is 12.1 Å². The molecule has 0 aliphatic heterocycles. The molecule has 0 aliphatic rings. The molecule has 4 heteroatoms. The summed E-state index contributed by atoms with van der Waals surface area (Å²) in [7, 11) is 0. The van der Waals surface area contributed by atoms with Crippen LogP contribution in [-0.2, 0) is 0 Å². The molecule has 86 valence electrons. The van der Waals surface area contributed by atoms with E-state index in [-0.39, 0.29) is 5.69 Å². The molecule has 0 aliphatic carbocycles. The molecular formula is C13H11NO3. The molecule has 0 radical (unpaired) electrons. The van der Waals surface area contributed by atoms with Crippen LogP contribution in [0.3, 0.4) is 0 Å². The molecular weight excluding hydrogens is 218 g/mol. The lowest BCUT2D eigenvalue weighted by atomic mass is 10.2. The van der Waals surface area contributed by atoms with Crippen molar-refractivity contribution in [3.63, 3.8) is 0 Å². The summed E-state index contributed by atoms with van der Waals surface area (Å²) in [6, 6.07) is 10.1. The number of benzene rings is 1. The van der Waals surface area contributed by atoms with E-state index in [4.69, 9.17) is 4.42 Å². The van der Waals surface area contributed by atoms with Gasteiger partial charge in [0.15, 0.2) is 0 Å². The van der Waals surface area contributed by atoms with Crippen LogP contribution < -0.4 is 0 Å². The number of aryl methyl sites for hydroxylation is 1. The Hall–Kier alpha value is -2.36. The maximum Gasteiger partial charge on any atom is 0.269 e. The lowest BCUT2D eigenvalue weighted by molar-refractivity contribution is -0.384. The molecule has 0 N–H and O–H groups in total. The molecule has 0 saturated heterocycles. The second-order valence-electron chi connectivity index (χ2n) is 3.63. The van der Waals surface area contributed by atoms with Gasteiger partial charge in [-0.2, -0.15) is 0 Å². The van der Waals surface area contributed by atoms with Crippen molar-refractivity contribution in [3.05, 3.63) is 63.6 Å². The molecule has 2 aromatic rings. The van der Waals surface area contributed by atoms with Crippen molar-refractivity contribution < 1.29 is 9.34 Å². The van der Waals surface area contributed by atoms with Gasteiger partial charge >= 0.3 is 0 Å². The van der Waals surface area contributed by atoms with Gasteiger partial charge in [0.25, 0.3) is 5.69 Å². The molecule has 17 heavy (non-hydrogen) atoms. The van der Waals surface area contributed by atoms with Crippen LogP contribution in [0.25, 0.3) is 12.2 Å². The number of nitro groups is 1. The van der Waals surface area contributed by atoms with Gasteiger partial charge in [-0.15, -0.1) is 0 Å². The highest BCUT2D eigenvalue weighted by atomic mass is 16.6. The van der Waals surface area contributed by atoms with Crippen molar-refractivity contribution in [2.45, 2.75) is 6.92 Å². The van der Waals surface area contributed by atoms with Gasteiger partial charge in [-0.3, -0.25) is 10.1 Å². The van der Waals surface area contributed by atoms with Gasteiger partial charge in [0.1, 0.15) is 11.5 Å². The Morgan fingerprint density at radius 1 is 1.12 bits per heavy atom. The largest absolute Gasteiger partial charge is 0.462 e. The zero-order valence-electron chi connectivity index (χ0n) is 9.29. The van der Waals surface area contributed by atoms with Crippen LogP contribution in [0.4, 0.5) is 5.69 Å². The first-order valence-corrected chi connectivity index (χ1v) is 5.14. The Bertz CT molecular complexity index is 552. The maximum absolute atomic E-state index is 10.5. The fourth-order valence-corrected chi connectivity index (χ4v) is 1.43. The summed E-state index contributed by atoms with van der Waals surface area (Å²) in [4.78, 5) is 10.1. The zero-order chi connectivity index (χ0) is 12.3. The highest BCUT2D eigenvalue weighted by Gasteiger charge is 2.02. The number of non-ortho nitro benzene ring substituents is 1. The van der Waals surface area contributed by atoms with Gasteiger partial charge in [-0.25, -0.2) is 0 Å². The normalized spacial score (nSPS) is 10.9. The smallest absolute Gasteiger partial charge is 0.269 e. The van der Waals surface area contributed by atoms with Crippen molar-refractivity contribution in [2.24, 2.45) is 0 Å². The van der Waals surface area contributed by atoms with Crippen LogP contribution in [-0.4, -0.2) is 4.92 Å². The highest BCUT2D eigenvalue weighted by Crippen LogP contribution is 2.15. The van der Waals surface area contributed by atoms with Crippen LogP contribution in [0.1, 0.15) is 17.1 Å². The quantitative estimate of drug-likeness (QED) is 0.596. The topological polar surface area (TPSA) is 56.3 Å². The van der Waals surface area contributed by atoms with Crippen LogP contribution in [0, 0.1) is 17.0 Å². The molecule has 0 amide bonds. The first-order valence-electron chi connectivity index (χ1n) is 5.14. The summed E-state index contributed by atoms with van der Waals surface area (Å²) >= 11 is 0.